The monoisotopic (exact) mass is 790 g/mol. The first-order chi connectivity index (χ1) is 24.0. The number of nitrogens with one attached hydrogen (secondary N) is 2. The van der Waals surface area contributed by atoms with Crippen molar-refractivity contribution in [1.29, 1.82) is 0 Å². The van der Waals surface area contributed by atoms with Gasteiger partial charge in [-0.2, -0.15) is 0 Å². The molecule has 4 rings (SSSR count). The van der Waals surface area contributed by atoms with Crippen LogP contribution < -0.4 is 15.6 Å². The fourth-order valence-electron chi connectivity index (χ4n) is 6.42. The van der Waals surface area contributed by atoms with Crippen LogP contribution in [0.3, 0.4) is 0 Å². The van der Waals surface area contributed by atoms with Crippen molar-refractivity contribution in [3.63, 3.8) is 0 Å². The van der Waals surface area contributed by atoms with Gasteiger partial charge in [-0.05, 0) is 117 Å². The second kappa shape index (κ2) is 18.7. The fourth-order valence-corrected chi connectivity index (χ4v) is 7.36. The topological polar surface area (TPSA) is 186 Å². The summed E-state index contributed by atoms with van der Waals surface area (Å²) in [4.78, 5) is 71.2. The van der Waals surface area contributed by atoms with Gasteiger partial charge in [0.2, 0.25) is 5.91 Å². The molecule has 0 spiro atoms. The SMILES string of the molecule is CC(=O)Nc1[n-]c(/C=C2\N=C(NC(=O)CCCSc3cc(C(=O)O)cc(C(=O)O)c3)C(C(=O)OC3C(C)CC(C)CC3C)=C2C)c(C)c1C.[Cl][Zn+]. The van der Waals surface area contributed by atoms with E-state index < -0.39 is 17.9 Å². The van der Waals surface area contributed by atoms with Gasteiger partial charge >= 0.3 is 44.9 Å². The molecule has 2 unspecified atom stereocenters. The number of ether oxygens (including phenoxy) is 1. The molecular formula is C36H43ClN4O8SZn. The number of hydrogen-bond acceptors (Lipinski definition) is 8. The molecule has 270 valence electrons. The number of esters is 1. The number of hydrogen-bond donors (Lipinski definition) is 4. The first kappa shape index (κ1) is 41.7. The van der Waals surface area contributed by atoms with Gasteiger partial charge < -0.3 is 30.6 Å². The van der Waals surface area contributed by atoms with E-state index in [9.17, 15) is 34.2 Å². The van der Waals surface area contributed by atoms with E-state index in [0.29, 0.717) is 45.8 Å². The van der Waals surface area contributed by atoms with Crippen LogP contribution in [0.4, 0.5) is 5.82 Å². The number of aliphatic imine (C=N–C) groups is 1. The van der Waals surface area contributed by atoms with Gasteiger partial charge in [0.05, 0.1) is 16.8 Å². The zero-order chi connectivity index (χ0) is 38.2. The third-order valence-electron chi connectivity index (χ3n) is 8.92. The summed E-state index contributed by atoms with van der Waals surface area (Å²) in [5.41, 5.74) is 3.06. The molecule has 4 N–H and O–H groups in total. The number of thioether (sulfide) groups is 1. The molecule has 2 heterocycles. The normalized spacial score (nSPS) is 20.7. The Bertz CT molecular complexity index is 1740. The Kier molecular flexibility index (Phi) is 15.3. The number of nitrogens with zero attached hydrogens (tertiary/aromatic N) is 2. The summed E-state index contributed by atoms with van der Waals surface area (Å²) in [5, 5.41) is 24.2. The van der Waals surface area contributed by atoms with Crippen molar-refractivity contribution in [3.05, 3.63) is 63.0 Å². The summed E-state index contributed by atoms with van der Waals surface area (Å²) in [7, 11) is 4.76. The Labute approximate surface area is 316 Å². The van der Waals surface area contributed by atoms with Crippen LogP contribution in [0.1, 0.15) is 97.8 Å². The van der Waals surface area contributed by atoms with Gasteiger partial charge in [-0.25, -0.2) is 19.4 Å². The molecule has 1 aliphatic carbocycles. The average molecular weight is 793 g/mol. The van der Waals surface area contributed by atoms with Gasteiger partial charge in [0, 0.05) is 11.3 Å². The average Bonchev–Trinajstić information content (AvgIpc) is 3.50. The zero-order valence-electron chi connectivity index (χ0n) is 29.9. The van der Waals surface area contributed by atoms with Crippen molar-refractivity contribution in [3.8, 4) is 0 Å². The number of benzene rings is 1. The summed E-state index contributed by atoms with van der Waals surface area (Å²) in [6.45, 7) is 13.2. The number of aromatic carboxylic acids is 2. The second-order valence-electron chi connectivity index (χ2n) is 13.0. The fraction of sp³-hybridized carbons (Fsp3) is 0.444. The quantitative estimate of drug-likeness (QED) is 0.0829. The number of amidine groups is 1. The molecule has 1 aromatic heterocycles. The molecule has 1 saturated carbocycles. The summed E-state index contributed by atoms with van der Waals surface area (Å²) in [5.74, 6) is -1.87. The molecule has 1 aliphatic heterocycles. The van der Waals surface area contributed by atoms with Crippen LogP contribution in [0, 0.1) is 31.6 Å². The Balaban J connectivity index is 0.00000345. The van der Waals surface area contributed by atoms with Gasteiger partial charge in [0.15, 0.2) is 0 Å². The number of carbonyl (C=O) groups excluding carboxylic acids is 3. The molecule has 12 nitrogen and oxygen atoms in total. The third-order valence-corrected chi connectivity index (χ3v) is 9.98. The molecule has 15 heteroatoms. The van der Waals surface area contributed by atoms with Gasteiger partial charge in [-0.15, -0.1) is 11.8 Å². The number of halogens is 1. The van der Waals surface area contributed by atoms with Crippen molar-refractivity contribution >= 4 is 68.9 Å². The molecule has 1 fully saturated rings. The van der Waals surface area contributed by atoms with E-state index in [4.69, 9.17) is 14.4 Å². The number of carbonyl (C=O) groups is 5. The van der Waals surface area contributed by atoms with Crippen LogP contribution in [0.5, 0.6) is 0 Å². The first-order valence-corrected chi connectivity index (χ1v) is 21.4. The molecular weight excluding hydrogens is 749 g/mol. The number of carboxylic acid groups (broad SMARTS) is 2. The van der Waals surface area contributed by atoms with Gasteiger partial charge in [-0.3, -0.25) is 9.59 Å². The summed E-state index contributed by atoms with van der Waals surface area (Å²) in [6.07, 6.45) is 3.76. The van der Waals surface area contributed by atoms with Crippen molar-refractivity contribution in [1.82, 2.24) is 10.3 Å². The number of anilines is 1. The Morgan fingerprint density at radius 1 is 0.980 bits per heavy atom. The van der Waals surface area contributed by atoms with E-state index in [0.717, 1.165) is 47.3 Å². The Morgan fingerprint density at radius 2 is 1.57 bits per heavy atom. The van der Waals surface area contributed by atoms with Crippen LogP contribution in [0.25, 0.3) is 6.08 Å². The van der Waals surface area contributed by atoms with Crippen LogP contribution in [0.2, 0.25) is 0 Å². The van der Waals surface area contributed by atoms with E-state index in [2.05, 4.69) is 41.4 Å². The Hall–Kier alpha value is -3.74. The van der Waals surface area contributed by atoms with Gasteiger partial charge in [0.1, 0.15) is 23.4 Å². The molecule has 2 amide bonds. The molecule has 2 atom stereocenters. The molecule has 2 aliphatic rings. The molecule has 0 radical (unpaired) electrons. The minimum atomic E-state index is -1.23. The van der Waals surface area contributed by atoms with E-state index in [1.165, 1.54) is 30.8 Å². The van der Waals surface area contributed by atoms with E-state index in [1.54, 1.807) is 13.0 Å². The maximum atomic E-state index is 13.8. The summed E-state index contributed by atoms with van der Waals surface area (Å²) < 4.78 is 6.11. The number of aromatic nitrogens is 1. The second-order valence-corrected chi connectivity index (χ2v) is 14.2. The summed E-state index contributed by atoms with van der Waals surface area (Å²) in [6, 6.07) is 3.88. The van der Waals surface area contributed by atoms with Crippen LogP contribution in [-0.2, 0) is 36.4 Å². The van der Waals surface area contributed by atoms with Crippen LogP contribution >= 0.6 is 21.5 Å². The maximum absolute atomic E-state index is 13.8. The molecule has 0 bridgehead atoms. The Morgan fingerprint density at radius 3 is 2.12 bits per heavy atom. The standard InChI is InChI=1S/C36H44N4O8S.ClH.Zn/c1-17-11-18(2)31(19(3)12-17)48-36(47)30-22(6)28(16-27-20(4)21(5)32(38-27)37-23(7)41)39-33(30)40-29(42)9-8-10-49-26-14-24(34(43)44)13-25(15-26)35(45)46;;/h13-19,31H,8-12H2,1-7H3,(H5,37,38,39,40,41,42,43,44,45,46,47);1H;/q;;+2/p-2. The zero-order valence-corrected chi connectivity index (χ0v) is 34.4. The number of carboxylic acids is 2. The predicted octanol–water partition coefficient (Wildman–Crippen LogP) is 6.67. The third kappa shape index (κ3) is 10.9. The number of amides is 2. The molecule has 51 heavy (non-hydrogen) atoms. The van der Waals surface area contributed by atoms with Crippen molar-refractivity contribution in [2.24, 2.45) is 22.7 Å². The van der Waals surface area contributed by atoms with Crippen LogP contribution in [-0.4, -0.2) is 57.6 Å². The van der Waals surface area contributed by atoms with Crippen LogP contribution in [0.15, 0.2) is 44.9 Å². The number of rotatable bonds is 11. The summed E-state index contributed by atoms with van der Waals surface area (Å²) >= 11 is 2.09. The number of allylic oxidation sites excluding steroid dienone is 1. The predicted molar refractivity (Wildman–Crippen MR) is 193 cm³/mol. The molecule has 2 aromatic rings. The van der Waals surface area contributed by atoms with E-state index >= 15 is 0 Å². The van der Waals surface area contributed by atoms with Gasteiger partial charge in [0.25, 0.3) is 0 Å². The van der Waals surface area contributed by atoms with Crippen molar-refractivity contribution in [2.75, 3.05) is 11.1 Å². The van der Waals surface area contributed by atoms with E-state index in [1.807, 2.05) is 13.8 Å². The van der Waals surface area contributed by atoms with E-state index in [-0.39, 0.29) is 58.7 Å². The molecule has 0 saturated heterocycles. The minimum absolute atomic E-state index is 0.0637. The first-order valence-electron chi connectivity index (χ1n) is 16.5. The van der Waals surface area contributed by atoms with Crippen molar-refractivity contribution < 1.29 is 56.2 Å². The van der Waals surface area contributed by atoms with Crippen molar-refractivity contribution in [2.45, 2.75) is 85.1 Å². The molecule has 1 aromatic carbocycles. The van der Waals surface area contributed by atoms with Gasteiger partial charge in [-0.1, -0.05) is 26.6 Å².